The van der Waals surface area contributed by atoms with E-state index in [0.717, 1.165) is 16.1 Å². The molecule has 1 fully saturated rings. The third-order valence-corrected chi connectivity index (χ3v) is 7.05. The first-order chi connectivity index (χ1) is 9.14. The zero-order chi connectivity index (χ0) is 15.1. The highest BCUT2D eigenvalue weighted by Crippen LogP contribution is 2.27. The van der Waals surface area contributed by atoms with Gasteiger partial charge in [0.1, 0.15) is 0 Å². The number of aryl methyl sites for hydroxylation is 1. The van der Waals surface area contributed by atoms with Gasteiger partial charge in [-0.3, -0.25) is 0 Å². The van der Waals surface area contributed by atoms with Gasteiger partial charge >= 0.3 is 0 Å². The zero-order valence-corrected chi connectivity index (χ0v) is 13.0. The molecule has 2 unspecified atom stereocenters. The van der Waals surface area contributed by atoms with Gasteiger partial charge in [0.15, 0.2) is 9.84 Å². The van der Waals surface area contributed by atoms with Crippen LogP contribution in [0.15, 0.2) is 29.2 Å². The van der Waals surface area contributed by atoms with E-state index in [-0.39, 0.29) is 17.9 Å². The molecule has 1 aromatic carbocycles. The molecule has 0 radical (unpaired) electrons. The highest BCUT2D eigenvalue weighted by molar-refractivity contribution is 7.91. The Bertz CT molecular complexity index is 695. The lowest BCUT2D eigenvalue weighted by Gasteiger charge is -2.23. The lowest BCUT2D eigenvalue weighted by molar-refractivity contribution is 0.395. The van der Waals surface area contributed by atoms with Crippen molar-refractivity contribution >= 4 is 19.9 Å². The molecule has 1 saturated heterocycles. The van der Waals surface area contributed by atoms with Gasteiger partial charge in [0.2, 0.25) is 10.0 Å². The number of nitrogens with zero attached hydrogens (tertiary/aromatic N) is 1. The van der Waals surface area contributed by atoms with Crippen LogP contribution in [0.1, 0.15) is 12.0 Å². The van der Waals surface area contributed by atoms with Crippen LogP contribution >= 0.6 is 0 Å². The summed E-state index contributed by atoms with van der Waals surface area (Å²) in [6.07, 6.45) is 0.279. The van der Waals surface area contributed by atoms with Gasteiger partial charge in [-0.05, 0) is 25.5 Å². The summed E-state index contributed by atoms with van der Waals surface area (Å²) < 4.78 is 49.2. The number of hydrogen-bond acceptors (Lipinski definition) is 5. The van der Waals surface area contributed by atoms with Gasteiger partial charge < -0.3 is 5.73 Å². The van der Waals surface area contributed by atoms with Crippen molar-refractivity contribution in [3.05, 3.63) is 29.8 Å². The minimum atomic E-state index is -3.75. The number of rotatable bonds is 3. The number of benzene rings is 1. The molecule has 0 saturated carbocycles. The number of sulfonamides is 1. The second-order valence-corrected chi connectivity index (χ2v) is 9.23. The largest absolute Gasteiger partial charge is 0.314 e. The minimum absolute atomic E-state index is 0.120. The van der Waals surface area contributed by atoms with Crippen LogP contribution in [0.25, 0.3) is 0 Å². The maximum absolute atomic E-state index is 12.5. The van der Waals surface area contributed by atoms with Crippen molar-refractivity contribution in [2.24, 2.45) is 5.73 Å². The smallest absolute Gasteiger partial charge is 0.244 e. The second-order valence-electron chi connectivity index (χ2n) is 5.08. The third-order valence-electron chi connectivity index (χ3n) is 3.52. The Labute approximate surface area is 119 Å². The Hall–Kier alpha value is -0.960. The number of sulfone groups is 1. The topological polar surface area (TPSA) is 97.5 Å². The maximum Gasteiger partial charge on any atom is 0.244 e. The molecule has 0 aliphatic carbocycles. The van der Waals surface area contributed by atoms with Crippen LogP contribution in [0.5, 0.6) is 0 Å². The molecule has 6 nitrogen and oxygen atoms in total. The normalized spacial score (nSPS) is 24.9. The summed E-state index contributed by atoms with van der Waals surface area (Å²) in [6.45, 7) is 1.98. The van der Waals surface area contributed by atoms with Gasteiger partial charge in [0.25, 0.3) is 0 Å². The molecule has 112 valence electrons. The fourth-order valence-corrected chi connectivity index (χ4v) is 5.18. The average Bonchev–Trinajstić information content (AvgIpc) is 2.72. The summed E-state index contributed by atoms with van der Waals surface area (Å²) in [5.74, 6) is 0. The van der Waals surface area contributed by atoms with Crippen molar-refractivity contribution in [1.29, 1.82) is 0 Å². The Morgan fingerprint density at radius 3 is 2.15 bits per heavy atom. The van der Waals surface area contributed by atoms with E-state index in [9.17, 15) is 16.8 Å². The molecule has 1 aliphatic heterocycles. The van der Waals surface area contributed by atoms with E-state index in [2.05, 4.69) is 0 Å². The predicted molar refractivity (Wildman–Crippen MR) is 76.3 cm³/mol. The van der Waals surface area contributed by atoms with Crippen LogP contribution in [0.3, 0.4) is 0 Å². The van der Waals surface area contributed by atoms with Crippen LogP contribution in [0, 0.1) is 6.92 Å². The minimum Gasteiger partial charge on any atom is -0.314 e. The summed E-state index contributed by atoms with van der Waals surface area (Å²) in [6, 6.07) is 6.40. The number of nitrogens with two attached hydrogens (primary N) is 1. The van der Waals surface area contributed by atoms with Gasteiger partial charge in [0, 0.05) is 12.8 Å². The molecule has 2 rings (SSSR count). The summed E-state index contributed by atoms with van der Waals surface area (Å²) in [5, 5.41) is -0.845. The standard InChI is InChI=1S/C12H18N2O4S2/c1-9-3-5-10(6-4-9)20(17,18)14-8-7-11(12(14)13)19(2,15)16/h3-6,11-12H,7-8,13H2,1-2H3. The fourth-order valence-electron chi connectivity index (χ4n) is 2.35. The lowest BCUT2D eigenvalue weighted by atomic mass is 10.2. The first kappa shape index (κ1) is 15.4. The highest BCUT2D eigenvalue weighted by atomic mass is 32.2. The Morgan fingerprint density at radius 2 is 1.70 bits per heavy atom. The summed E-state index contributed by atoms with van der Waals surface area (Å²) in [4.78, 5) is 0.132. The van der Waals surface area contributed by atoms with Crippen molar-refractivity contribution in [2.75, 3.05) is 12.8 Å². The predicted octanol–water partition coefficient (Wildman–Crippen LogP) is 0.0874. The molecule has 1 heterocycles. The van der Waals surface area contributed by atoms with Gasteiger partial charge in [-0.2, -0.15) is 4.31 Å². The van der Waals surface area contributed by atoms with E-state index in [0.29, 0.717) is 0 Å². The molecule has 0 spiro atoms. The van der Waals surface area contributed by atoms with Gasteiger partial charge in [-0.15, -0.1) is 0 Å². The molecule has 0 aromatic heterocycles. The average molecular weight is 318 g/mol. The van der Waals surface area contributed by atoms with E-state index in [1.165, 1.54) is 12.1 Å². The molecule has 1 aromatic rings. The lowest BCUT2D eigenvalue weighted by Crippen LogP contribution is -2.47. The van der Waals surface area contributed by atoms with Crippen molar-refractivity contribution in [2.45, 2.75) is 29.7 Å². The quantitative estimate of drug-likeness (QED) is 0.851. The molecule has 2 atom stereocenters. The molecule has 0 amide bonds. The van der Waals surface area contributed by atoms with Crippen LogP contribution in [0.4, 0.5) is 0 Å². The SMILES string of the molecule is Cc1ccc(S(=O)(=O)N2CCC(S(C)(=O)=O)C2N)cc1. The Kier molecular flexibility index (Phi) is 3.94. The van der Waals surface area contributed by atoms with Crippen molar-refractivity contribution in [3.8, 4) is 0 Å². The fraction of sp³-hybridized carbons (Fsp3) is 0.500. The zero-order valence-electron chi connectivity index (χ0n) is 11.4. The Morgan fingerprint density at radius 1 is 1.15 bits per heavy atom. The van der Waals surface area contributed by atoms with Gasteiger partial charge in [-0.1, -0.05) is 17.7 Å². The summed E-state index contributed by atoms with van der Waals surface area (Å²) in [7, 11) is -7.12. The molecule has 2 N–H and O–H groups in total. The summed E-state index contributed by atoms with van der Waals surface area (Å²) >= 11 is 0. The van der Waals surface area contributed by atoms with Crippen LogP contribution in [0.2, 0.25) is 0 Å². The van der Waals surface area contributed by atoms with Crippen LogP contribution < -0.4 is 5.73 Å². The summed E-state index contributed by atoms with van der Waals surface area (Å²) in [5.41, 5.74) is 6.78. The molecule has 8 heteroatoms. The Balaban J connectivity index is 2.35. The van der Waals surface area contributed by atoms with Crippen molar-refractivity contribution < 1.29 is 16.8 Å². The van der Waals surface area contributed by atoms with Crippen LogP contribution in [-0.4, -0.2) is 45.4 Å². The van der Waals surface area contributed by atoms with E-state index in [4.69, 9.17) is 5.73 Å². The van der Waals surface area contributed by atoms with Crippen LogP contribution in [-0.2, 0) is 19.9 Å². The molecular formula is C12H18N2O4S2. The van der Waals surface area contributed by atoms with E-state index in [1.807, 2.05) is 6.92 Å². The monoisotopic (exact) mass is 318 g/mol. The highest BCUT2D eigenvalue weighted by Gasteiger charge is 2.43. The van der Waals surface area contributed by atoms with Gasteiger partial charge in [-0.25, -0.2) is 16.8 Å². The molecular weight excluding hydrogens is 300 g/mol. The molecule has 0 bridgehead atoms. The molecule has 20 heavy (non-hydrogen) atoms. The third kappa shape index (κ3) is 2.73. The molecule has 1 aliphatic rings. The number of hydrogen-bond donors (Lipinski definition) is 1. The second kappa shape index (κ2) is 5.10. The van der Waals surface area contributed by atoms with E-state index < -0.39 is 31.3 Å². The van der Waals surface area contributed by atoms with Crippen molar-refractivity contribution in [1.82, 2.24) is 4.31 Å². The maximum atomic E-state index is 12.5. The van der Waals surface area contributed by atoms with E-state index in [1.54, 1.807) is 12.1 Å². The van der Waals surface area contributed by atoms with Gasteiger partial charge in [0.05, 0.1) is 16.3 Å². The van der Waals surface area contributed by atoms with Crippen molar-refractivity contribution in [3.63, 3.8) is 0 Å². The first-order valence-corrected chi connectivity index (χ1v) is 9.56. The first-order valence-electron chi connectivity index (χ1n) is 6.17. The van der Waals surface area contributed by atoms with E-state index >= 15 is 0 Å².